The second kappa shape index (κ2) is 7.39. The maximum Gasteiger partial charge on any atom is 0.410 e. The molecule has 0 bridgehead atoms. The van der Waals surface area contributed by atoms with Crippen LogP contribution in [0.4, 0.5) is 4.79 Å². The van der Waals surface area contributed by atoms with Crippen LogP contribution < -0.4 is 0 Å². The van der Waals surface area contributed by atoms with E-state index in [9.17, 15) is 9.59 Å². The molecule has 1 atom stereocenters. The van der Waals surface area contributed by atoms with E-state index in [1.807, 2.05) is 32.9 Å². The highest BCUT2D eigenvalue weighted by Crippen LogP contribution is 2.33. The van der Waals surface area contributed by atoms with Crippen LogP contribution in [0.5, 0.6) is 0 Å². The average molecular weight is 368 g/mol. The molecule has 6 nitrogen and oxygen atoms in total. The second-order valence-electron chi connectivity index (χ2n) is 7.69. The molecule has 0 unspecified atom stereocenters. The molecule has 1 aliphatic rings. The number of carboxylic acid groups (broad SMARTS) is 1. The fraction of sp³-hybridized carbons (Fsp3) is 0.381. The summed E-state index contributed by atoms with van der Waals surface area (Å²) in [5, 5.41) is 8.99. The van der Waals surface area contributed by atoms with E-state index in [-0.39, 0.29) is 17.7 Å². The smallest absolute Gasteiger partial charge is 0.410 e. The lowest BCUT2D eigenvalue weighted by atomic mass is 10.0. The summed E-state index contributed by atoms with van der Waals surface area (Å²) in [7, 11) is 0. The normalized spacial score (nSPS) is 17.0. The summed E-state index contributed by atoms with van der Waals surface area (Å²) in [5.41, 5.74) is 2.36. The lowest BCUT2D eigenvalue weighted by Crippen LogP contribution is -2.36. The number of benzene rings is 1. The van der Waals surface area contributed by atoms with Crippen molar-refractivity contribution >= 4 is 12.1 Å². The van der Waals surface area contributed by atoms with Crippen molar-refractivity contribution < 1.29 is 19.4 Å². The fourth-order valence-electron chi connectivity index (χ4n) is 3.19. The van der Waals surface area contributed by atoms with Gasteiger partial charge in [-0.05, 0) is 57.4 Å². The summed E-state index contributed by atoms with van der Waals surface area (Å²) >= 11 is 0. The van der Waals surface area contributed by atoms with Gasteiger partial charge in [-0.2, -0.15) is 0 Å². The molecule has 2 aromatic rings. The first-order valence-electron chi connectivity index (χ1n) is 9.04. The van der Waals surface area contributed by atoms with Crippen LogP contribution in [0.15, 0.2) is 42.6 Å². The van der Waals surface area contributed by atoms with Gasteiger partial charge in [-0.1, -0.05) is 18.2 Å². The minimum Gasteiger partial charge on any atom is -0.478 e. The number of hydrogen-bond donors (Lipinski definition) is 1. The molecule has 0 radical (unpaired) electrons. The van der Waals surface area contributed by atoms with Gasteiger partial charge in [0, 0.05) is 18.3 Å². The number of pyridine rings is 1. The first kappa shape index (κ1) is 18.9. The standard InChI is InChI=1S/C21H24N2O4/c1-21(2,3)27-20(26)23-12-4-5-18(23)17-11-10-16(13-22-17)14-6-8-15(9-7-14)19(24)25/h6-11,13,18H,4-5,12H2,1-3H3,(H,24,25)/t18-/m1/s1. The number of likely N-dealkylation sites (tertiary alicyclic amines) is 1. The summed E-state index contributed by atoms with van der Waals surface area (Å²) in [6.07, 6.45) is 3.24. The molecule has 3 rings (SSSR count). The Labute approximate surface area is 158 Å². The molecule has 0 aliphatic carbocycles. The summed E-state index contributed by atoms with van der Waals surface area (Å²) in [6, 6.07) is 10.5. The third-order valence-electron chi connectivity index (χ3n) is 4.47. The third kappa shape index (κ3) is 4.45. The second-order valence-corrected chi connectivity index (χ2v) is 7.69. The highest BCUT2D eigenvalue weighted by Gasteiger charge is 2.33. The van der Waals surface area contributed by atoms with Gasteiger partial charge in [-0.25, -0.2) is 9.59 Å². The zero-order valence-electron chi connectivity index (χ0n) is 15.8. The molecule has 27 heavy (non-hydrogen) atoms. The Morgan fingerprint density at radius 3 is 2.33 bits per heavy atom. The van der Waals surface area contributed by atoms with E-state index >= 15 is 0 Å². The Balaban J connectivity index is 1.76. The van der Waals surface area contributed by atoms with Gasteiger partial charge >= 0.3 is 12.1 Å². The van der Waals surface area contributed by atoms with Crippen molar-refractivity contribution in [3.8, 4) is 11.1 Å². The highest BCUT2D eigenvalue weighted by atomic mass is 16.6. The molecular formula is C21H24N2O4. The SMILES string of the molecule is CC(C)(C)OC(=O)N1CCC[C@@H]1c1ccc(-c2ccc(C(=O)O)cc2)cn1. The third-order valence-corrected chi connectivity index (χ3v) is 4.47. The number of amides is 1. The van der Waals surface area contributed by atoms with Gasteiger partial charge in [-0.15, -0.1) is 0 Å². The number of carbonyl (C=O) groups is 2. The van der Waals surface area contributed by atoms with E-state index in [4.69, 9.17) is 9.84 Å². The first-order valence-corrected chi connectivity index (χ1v) is 9.04. The predicted molar refractivity (Wildman–Crippen MR) is 102 cm³/mol. The van der Waals surface area contributed by atoms with Crippen molar-refractivity contribution in [2.75, 3.05) is 6.54 Å². The molecule has 1 amide bonds. The summed E-state index contributed by atoms with van der Waals surface area (Å²) < 4.78 is 5.51. The van der Waals surface area contributed by atoms with Crippen LogP contribution in [-0.2, 0) is 4.74 Å². The van der Waals surface area contributed by atoms with Crippen LogP contribution in [0, 0.1) is 0 Å². The van der Waals surface area contributed by atoms with Crippen LogP contribution >= 0.6 is 0 Å². The first-order chi connectivity index (χ1) is 12.7. The number of carboxylic acids is 1. The number of carbonyl (C=O) groups excluding carboxylic acids is 1. The monoisotopic (exact) mass is 368 g/mol. The van der Waals surface area contributed by atoms with E-state index in [0.29, 0.717) is 6.54 Å². The molecule has 2 heterocycles. The van der Waals surface area contributed by atoms with E-state index in [2.05, 4.69) is 4.98 Å². The van der Waals surface area contributed by atoms with Gasteiger partial charge in [0.15, 0.2) is 0 Å². The van der Waals surface area contributed by atoms with Crippen LogP contribution in [0.1, 0.15) is 55.7 Å². The van der Waals surface area contributed by atoms with Crippen LogP contribution in [0.2, 0.25) is 0 Å². The Morgan fingerprint density at radius 1 is 1.11 bits per heavy atom. The number of rotatable bonds is 3. The van der Waals surface area contributed by atoms with Crippen molar-refractivity contribution in [2.45, 2.75) is 45.3 Å². The van der Waals surface area contributed by atoms with Crippen molar-refractivity contribution in [3.05, 3.63) is 53.9 Å². The lowest BCUT2D eigenvalue weighted by molar-refractivity contribution is 0.0221. The highest BCUT2D eigenvalue weighted by molar-refractivity contribution is 5.88. The molecule has 1 saturated heterocycles. The van der Waals surface area contributed by atoms with Gasteiger partial charge < -0.3 is 9.84 Å². The van der Waals surface area contributed by atoms with Gasteiger partial charge in [-0.3, -0.25) is 9.88 Å². The molecule has 6 heteroatoms. The summed E-state index contributed by atoms with van der Waals surface area (Å²) in [5.74, 6) is -0.946. The minimum absolute atomic E-state index is 0.0803. The Hall–Kier alpha value is -2.89. The largest absolute Gasteiger partial charge is 0.478 e. The molecule has 142 valence electrons. The Kier molecular flexibility index (Phi) is 5.17. The maximum atomic E-state index is 12.4. The molecule has 0 saturated carbocycles. The minimum atomic E-state index is -0.946. The summed E-state index contributed by atoms with van der Waals surface area (Å²) in [6.45, 7) is 6.25. The zero-order chi connectivity index (χ0) is 19.6. The average Bonchev–Trinajstić information content (AvgIpc) is 3.10. The molecule has 1 aromatic carbocycles. The van der Waals surface area contributed by atoms with Crippen molar-refractivity contribution in [1.82, 2.24) is 9.88 Å². The van der Waals surface area contributed by atoms with Gasteiger partial charge in [0.25, 0.3) is 0 Å². The van der Waals surface area contributed by atoms with Crippen molar-refractivity contribution in [2.24, 2.45) is 0 Å². The fourth-order valence-corrected chi connectivity index (χ4v) is 3.19. The number of hydrogen-bond acceptors (Lipinski definition) is 4. The van der Waals surface area contributed by atoms with Gasteiger partial charge in [0.05, 0.1) is 17.3 Å². The molecule has 0 spiro atoms. The number of ether oxygens (including phenoxy) is 1. The zero-order valence-corrected chi connectivity index (χ0v) is 15.8. The van der Waals surface area contributed by atoms with E-state index in [1.165, 1.54) is 0 Å². The molecule has 1 N–H and O–H groups in total. The number of nitrogens with zero attached hydrogens (tertiary/aromatic N) is 2. The van der Waals surface area contributed by atoms with E-state index < -0.39 is 11.6 Å². The molecule has 1 aromatic heterocycles. The molecule has 1 aliphatic heterocycles. The Bertz CT molecular complexity index is 823. The van der Waals surface area contributed by atoms with Gasteiger partial charge in [0.2, 0.25) is 0 Å². The number of aromatic nitrogens is 1. The van der Waals surface area contributed by atoms with Crippen LogP contribution in [0.3, 0.4) is 0 Å². The lowest BCUT2D eigenvalue weighted by Gasteiger charge is -2.28. The van der Waals surface area contributed by atoms with E-state index in [0.717, 1.165) is 29.7 Å². The molecule has 1 fully saturated rings. The molecular weight excluding hydrogens is 344 g/mol. The van der Waals surface area contributed by atoms with Crippen molar-refractivity contribution in [1.29, 1.82) is 0 Å². The maximum absolute atomic E-state index is 12.4. The number of aromatic carboxylic acids is 1. The topological polar surface area (TPSA) is 79.7 Å². The van der Waals surface area contributed by atoms with Crippen molar-refractivity contribution in [3.63, 3.8) is 0 Å². The van der Waals surface area contributed by atoms with Crippen LogP contribution in [0.25, 0.3) is 11.1 Å². The quantitative estimate of drug-likeness (QED) is 0.862. The van der Waals surface area contributed by atoms with Gasteiger partial charge in [0.1, 0.15) is 5.60 Å². The van der Waals surface area contributed by atoms with E-state index in [1.54, 1.807) is 35.4 Å². The predicted octanol–water partition coefficient (Wildman–Crippen LogP) is 4.52. The Morgan fingerprint density at radius 2 is 1.78 bits per heavy atom. The van der Waals surface area contributed by atoms with Crippen LogP contribution in [-0.4, -0.2) is 39.2 Å². The summed E-state index contributed by atoms with van der Waals surface area (Å²) in [4.78, 5) is 29.7.